The number of aliphatic carboxylic acids is 1. The molecule has 1 aliphatic heterocycles. The lowest BCUT2D eigenvalue weighted by molar-refractivity contribution is -0.316. The van der Waals surface area contributed by atoms with E-state index in [1.165, 1.54) is 0 Å². The molecule has 2 atom stereocenters. The van der Waals surface area contributed by atoms with Crippen LogP contribution >= 0.6 is 0 Å². The van der Waals surface area contributed by atoms with Crippen molar-refractivity contribution in [1.82, 2.24) is 10.2 Å². The SMILES string of the molecule is CCCCCCC1(N(C(N)=O)C2(C(CNC(=O)C3OC(C)(C)OCC3(C)C)C(=O)[O-])CCCCC2)CCC1. The maximum Gasteiger partial charge on any atom is 0.315 e. The summed E-state index contributed by atoms with van der Waals surface area (Å²) in [6.45, 7) is 9.64. The van der Waals surface area contributed by atoms with Crippen LogP contribution in [0.1, 0.15) is 118 Å². The number of carboxylic acids is 1. The average molecular weight is 537 g/mol. The van der Waals surface area contributed by atoms with Gasteiger partial charge in [0.15, 0.2) is 5.79 Å². The molecule has 218 valence electrons. The predicted molar refractivity (Wildman–Crippen MR) is 143 cm³/mol. The number of carbonyl (C=O) groups excluding carboxylic acids is 3. The summed E-state index contributed by atoms with van der Waals surface area (Å²) in [5.74, 6) is -3.64. The summed E-state index contributed by atoms with van der Waals surface area (Å²) in [5.41, 5.74) is 4.10. The van der Waals surface area contributed by atoms with Crippen molar-refractivity contribution in [1.29, 1.82) is 0 Å². The summed E-state index contributed by atoms with van der Waals surface area (Å²) in [4.78, 5) is 41.1. The molecule has 0 spiro atoms. The van der Waals surface area contributed by atoms with Crippen molar-refractivity contribution in [3.8, 4) is 0 Å². The Morgan fingerprint density at radius 2 is 1.66 bits per heavy atom. The van der Waals surface area contributed by atoms with Crippen molar-refractivity contribution in [3.05, 3.63) is 0 Å². The maximum atomic E-state index is 13.4. The fourth-order valence-corrected chi connectivity index (χ4v) is 6.98. The van der Waals surface area contributed by atoms with Crippen LogP contribution in [0.2, 0.25) is 0 Å². The van der Waals surface area contributed by atoms with Gasteiger partial charge in [-0.25, -0.2) is 4.79 Å². The van der Waals surface area contributed by atoms with Crippen LogP contribution < -0.4 is 16.2 Å². The second kappa shape index (κ2) is 12.1. The number of urea groups is 1. The lowest BCUT2D eigenvalue weighted by Gasteiger charge is -2.61. The van der Waals surface area contributed by atoms with Crippen LogP contribution in [-0.4, -0.2) is 58.9 Å². The summed E-state index contributed by atoms with van der Waals surface area (Å²) >= 11 is 0. The number of unbranched alkanes of at least 4 members (excludes halogenated alkanes) is 3. The molecule has 0 aromatic heterocycles. The molecule has 0 radical (unpaired) electrons. The van der Waals surface area contributed by atoms with Gasteiger partial charge in [-0.2, -0.15) is 0 Å². The lowest BCUT2D eigenvalue weighted by Crippen LogP contribution is -2.72. The Kier molecular flexibility index (Phi) is 9.77. The zero-order valence-electron chi connectivity index (χ0n) is 24.2. The molecule has 3 fully saturated rings. The topological polar surface area (TPSA) is 134 Å². The van der Waals surface area contributed by atoms with Gasteiger partial charge in [0.1, 0.15) is 6.10 Å². The molecule has 0 aromatic rings. The maximum absolute atomic E-state index is 13.4. The van der Waals surface area contributed by atoms with Gasteiger partial charge in [0.05, 0.1) is 12.1 Å². The van der Waals surface area contributed by atoms with E-state index in [9.17, 15) is 19.5 Å². The summed E-state index contributed by atoms with van der Waals surface area (Å²) < 4.78 is 11.7. The number of hydrogen-bond acceptors (Lipinski definition) is 6. The number of nitrogens with zero attached hydrogens (tertiary/aromatic N) is 1. The number of hydrogen-bond donors (Lipinski definition) is 2. The van der Waals surface area contributed by atoms with Crippen LogP contribution in [0, 0.1) is 11.3 Å². The zero-order chi connectivity index (χ0) is 28.2. The summed E-state index contributed by atoms with van der Waals surface area (Å²) in [7, 11) is 0. The van der Waals surface area contributed by atoms with Gasteiger partial charge in [-0.05, 0) is 52.4 Å². The number of nitrogens with two attached hydrogens (primary N) is 1. The monoisotopic (exact) mass is 536 g/mol. The van der Waals surface area contributed by atoms with E-state index in [1.54, 1.807) is 18.7 Å². The van der Waals surface area contributed by atoms with Crippen molar-refractivity contribution in [2.45, 2.75) is 141 Å². The van der Waals surface area contributed by atoms with Crippen LogP contribution in [0.3, 0.4) is 0 Å². The largest absolute Gasteiger partial charge is 0.550 e. The van der Waals surface area contributed by atoms with Crippen molar-refractivity contribution in [3.63, 3.8) is 0 Å². The number of nitrogens with one attached hydrogen (secondary N) is 1. The molecule has 0 aromatic carbocycles. The molecule has 1 saturated heterocycles. The molecular weight excluding hydrogens is 486 g/mol. The van der Waals surface area contributed by atoms with E-state index >= 15 is 0 Å². The minimum atomic E-state index is -1.26. The minimum Gasteiger partial charge on any atom is -0.550 e. The fourth-order valence-electron chi connectivity index (χ4n) is 6.98. The van der Waals surface area contributed by atoms with Gasteiger partial charge >= 0.3 is 6.03 Å². The molecule has 3 amide bonds. The Morgan fingerprint density at radius 1 is 1.00 bits per heavy atom. The predicted octanol–water partition coefficient (Wildman–Crippen LogP) is 3.62. The first kappa shape index (κ1) is 30.7. The normalized spacial score (nSPS) is 26.0. The smallest absolute Gasteiger partial charge is 0.315 e. The Hall–Kier alpha value is -1.87. The number of rotatable bonds is 12. The molecule has 3 rings (SSSR count). The van der Waals surface area contributed by atoms with Crippen LogP contribution in [0.4, 0.5) is 4.79 Å². The lowest BCUT2D eigenvalue weighted by atomic mass is 9.64. The van der Waals surface area contributed by atoms with Gasteiger partial charge in [-0.15, -0.1) is 0 Å². The number of ether oxygens (including phenoxy) is 2. The van der Waals surface area contributed by atoms with Crippen LogP contribution in [0.5, 0.6) is 0 Å². The second-order valence-electron chi connectivity index (χ2n) is 13.0. The van der Waals surface area contributed by atoms with Gasteiger partial charge in [0.2, 0.25) is 5.91 Å². The average Bonchev–Trinajstić information content (AvgIpc) is 2.81. The quantitative estimate of drug-likeness (QED) is 0.366. The summed E-state index contributed by atoms with van der Waals surface area (Å²) in [5, 5.41) is 15.7. The summed E-state index contributed by atoms with van der Waals surface area (Å²) in [6, 6.07) is -0.560. The molecule has 2 saturated carbocycles. The zero-order valence-corrected chi connectivity index (χ0v) is 24.2. The van der Waals surface area contributed by atoms with Crippen molar-refractivity contribution in [2.24, 2.45) is 17.1 Å². The van der Waals surface area contributed by atoms with Crippen molar-refractivity contribution < 1.29 is 29.0 Å². The fraction of sp³-hybridized carbons (Fsp3) is 0.897. The highest BCUT2D eigenvalue weighted by Crippen LogP contribution is 2.51. The molecule has 3 aliphatic rings. The first-order valence-electron chi connectivity index (χ1n) is 14.7. The van der Waals surface area contributed by atoms with E-state index < -0.39 is 46.3 Å². The Morgan fingerprint density at radius 3 is 2.18 bits per heavy atom. The molecule has 9 heteroatoms. The van der Waals surface area contributed by atoms with Crippen LogP contribution in [-0.2, 0) is 19.1 Å². The van der Waals surface area contributed by atoms with Gasteiger partial charge in [-0.1, -0.05) is 65.7 Å². The Balaban J connectivity index is 1.89. The minimum absolute atomic E-state index is 0.145. The van der Waals surface area contributed by atoms with Gasteiger partial charge in [0.25, 0.3) is 0 Å². The molecule has 2 aliphatic carbocycles. The van der Waals surface area contributed by atoms with Gasteiger partial charge in [0, 0.05) is 29.4 Å². The third kappa shape index (κ3) is 6.46. The highest BCUT2D eigenvalue weighted by atomic mass is 16.7. The van der Waals surface area contributed by atoms with E-state index in [4.69, 9.17) is 15.2 Å². The standard InChI is InChI=1S/C29H51N3O6/c1-6-7-8-10-14-28(15-13-16-28)32(25(30)36)29(17-11-9-12-18-29)21(24(34)35)19-31-23(33)22-26(2,3)20-37-27(4,5)38-22/h21-22H,6-20H2,1-5H3,(H2,30,36)(H,31,33)(H,34,35)/p-1. The number of primary amides is 1. The molecule has 1 heterocycles. The number of carboxylic acid groups (broad SMARTS) is 1. The van der Waals surface area contributed by atoms with Crippen molar-refractivity contribution in [2.75, 3.05) is 13.2 Å². The molecule has 9 nitrogen and oxygen atoms in total. The third-order valence-electron chi connectivity index (χ3n) is 9.19. The molecule has 2 unspecified atom stereocenters. The molecule has 38 heavy (non-hydrogen) atoms. The Labute approximate surface area is 228 Å². The molecule has 3 N–H and O–H groups in total. The van der Waals surface area contributed by atoms with E-state index in [2.05, 4.69) is 12.2 Å². The summed E-state index contributed by atoms with van der Waals surface area (Å²) in [6.07, 6.45) is 10.6. The Bertz CT molecular complexity index is 847. The van der Waals surface area contributed by atoms with E-state index in [1.807, 2.05) is 13.8 Å². The van der Waals surface area contributed by atoms with E-state index in [0.717, 1.165) is 70.6 Å². The second-order valence-corrected chi connectivity index (χ2v) is 13.0. The van der Waals surface area contributed by atoms with Crippen LogP contribution in [0.25, 0.3) is 0 Å². The molecule has 0 bridgehead atoms. The van der Waals surface area contributed by atoms with Gasteiger partial charge < -0.3 is 35.3 Å². The number of amides is 3. The first-order valence-corrected chi connectivity index (χ1v) is 14.7. The highest BCUT2D eigenvalue weighted by Gasteiger charge is 2.56. The van der Waals surface area contributed by atoms with Crippen LogP contribution in [0.15, 0.2) is 0 Å². The first-order chi connectivity index (χ1) is 17.8. The highest BCUT2D eigenvalue weighted by molar-refractivity contribution is 5.83. The number of carbonyl (C=O) groups is 3. The van der Waals surface area contributed by atoms with Crippen molar-refractivity contribution >= 4 is 17.9 Å². The van der Waals surface area contributed by atoms with E-state index in [-0.39, 0.29) is 12.5 Å². The molecular formula is C29H50N3O6-. The van der Waals surface area contributed by atoms with E-state index in [0.29, 0.717) is 19.4 Å². The van der Waals surface area contributed by atoms with Gasteiger partial charge in [-0.3, -0.25) is 4.79 Å². The third-order valence-corrected chi connectivity index (χ3v) is 9.19.